The van der Waals surface area contributed by atoms with Crippen molar-refractivity contribution >= 4 is 5.91 Å². The molecule has 0 bridgehead atoms. The van der Waals surface area contributed by atoms with Gasteiger partial charge in [-0.15, -0.1) is 0 Å². The summed E-state index contributed by atoms with van der Waals surface area (Å²) in [5.74, 6) is -0.255. The minimum Gasteiger partial charge on any atom is -0.394 e. The third kappa shape index (κ3) is 39.5. The van der Waals surface area contributed by atoms with Crippen LogP contribution in [0.4, 0.5) is 0 Å². The second-order valence-corrected chi connectivity index (χ2v) is 23.5. The van der Waals surface area contributed by atoms with E-state index in [1.165, 1.54) is 141 Å². The van der Waals surface area contributed by atoms with Gasteiger partial charge in [0.1, 0.15) is 48.8 Å². The predicted octanol–water partition coefficient (Wildman–Crippen LogP) is 13.4. The lowest BCUT2D eigenvalue weighted by Crippen LogP contribution is -2.65. The Labute approximate surface area is 515 Å². The minimum absolute atomic E-state index is 0.255. The van der Waals surface area contributed by atoms with E-state index in [1.807, 2.05) is 6.08 Å². The fourth-order valence-electron chi connectivity index (χ4n) is 10.6. The maximum Gasteiger partial charge on any atom is 0.220 e. The van der Waals surface area contributed by atoms with E-state index in [9.17, 15) is 45.6 Å². The molecule has 9 N–H and O–H groups in total. The Kier molecular flexibility index (Phi) is 50.5. The zero-order valence-corrected chi connectivity index (χ0v) is 53.1. The van der Waals surface area contributed by atoms with Crippen molar-refractivity contribution in [1.29, 1.82) is 0 Å². The molecular formula is C71H123NO13. The molecule has 0 spiro atoms. The maximum absolute atomic E-state index is 13.3. The first-order valence-corrected chi connectivity index (χ1v) is 34.0. The molecule has 14 heteroatoms. The fourth-order valence-corrected chi connectivity index (χ4v) is 10.6. The van der Waals surface area contributed by atoms with Crippen molar-refractivity contribution in [3.63, 3.8) is 0 Å². The third-order valence-electron chi connectivity index (χ3n) is 16.0. The number of carbonyl (C=O) groups is 1. The largest absolute Gasteiger partial charge is 0.394 e. The Balaban J connectivity index is 1.70. The molecule has 2 heterocycles. The van der Waals surface area contributed by atoms with E-state index in [1.54, 1.807) is 6.08 Å². The van der Waals surface area contributed by atoms with Crippen LogP contribution in [0.1, 0.15) is 251 Å². The normalized spacial score (nSPS) is 24.2. The van der Waals surface area contributed by atoms with Crippen LogP contribution in [0.15, 0.2) is 97.2 Å². The molecule has 14 nitrogen and oxygen atoms in total. The molecule has 1 amide bonds. The van der Waals surface area contributed by atoms with E-state index in [0.717, 1.165) is 77.0 Å². The molecule has 85 heavy (non-hydrogen) atoms. The summed E-state index contributed by atoms with van der Waals surface area (Å²) in [6.45, 7) is 2.67. The van der Waals surface area contributed by atoms with Gasteiger partial charge in [0.15, 0.2) is 12.6 Å². The molecule has 2 fully saturated rings. The van der Waals surface area contributed by atoms with E-state index >= 15 is 0 Å². The van der Waals surface area contributed by atoms with Crippen molar-refractivity contribution in [2.45, 2.75) is 325 Å². The standard InChI is InChI=1S/C71H123NO13/c1-3-5-7-9-11-13-15-17-19-21-23-25-26-27-28-29-30-31-32-33-34-35-37-39-41-43-45-47-49-51-53-55-63(76)72-59(60(75)54-52-50-48-46-44-42-40-38-36-24-22-20-18-16-14-12-10-8-6-4-2)58-82-70-68(81)66(79)69(62(57-74)84-70)85-71-67(80)65(78)64(77)61(56-73)83-71/h5,7,11,13,17,19,23,25,27-28,36,38,44,46,52,54,59-62,64-71,73-75,77-81H,3-4,6,8-10,12,14-16,18,20-22,24,26,29-35,37,39-43,45,47-51,53,55-58H2,1-2H3,(H,72,76)/b7-5-,13-11-,19-17-,25-23-,28-27-,38-36+,46-44+,54-52+. The first-order valence-electron chi connectivity index (χ1n) is 34.0. The molecular weight excluding hydrogens is 1070 g/mol. The quantitative estimate of drug-likeness (QED) is 0.0204. The number of carbonyl (C=O) groups excluding carboxylic acids is 1. The number of rotatable bonds is 54. The highest BCUT2D eigenvalue weighted by Gasteiger charge is 2.51. The first kappa shape index (κ1) is 78.0. The van der Waals surface area contributed by atoms with Crippen molar-refractivity contribution in [2.75, 3.05) is 19.8 Å². The average Bonchev–Trinajstić information content (AvgIpc) is 3.68. The topological polar surface area (TPSA) is 228 Å². The van der Waals surface area contributed by atoms with Gasteiger partial charge in [-0.25, -0.2) is 0 Å². The van der Waals surface area contributed by atoms with Gasteiger partial charge in [0.25, 0.3) is 0 Å². The summed E-state index contributed by atoms with van der Waals surface area (Å²) >= 11 is 0. The minimum atomic E-state index is -1.80. The highest BCUT2D eigenvalue weighted by molar-refractivity contribution is 5.76. The van der Waals surface area contributed by atoms with E-state index < -0.39 is 86.8 Å². The molecule has 0 radical (unpaired) electrons. The SMILES string of the molecule is CC/C=C\C/C=C\C/C=C\C/C=C\C/C=C\CCCCCCCCCCCCCCCCCC(=O)NC(COC1OC(CO)C(OC2OC(CO)C(O)C(O)C2O)C(O)C1O)C(O)/C=C/CC/C=C/CC/C=C/CCCCCCCCCCCC. The van der Waals surface area contributed by atoms with Crippen molar-refractivity contribution in [2.24, 2.45) is 0 Å². The van der Waals surface area contributed by atoms with E-state index in [2.05, 4.69) is 104 Å². The van der Waals surface area contributed by atoms with Crippen molar-refractivity contribution < 1.29 is 64.6 Å². The molecule has 2 rings (SSSR count). The zero-order valence-electron chi connectivity index (χ0n) is 53.1. The molecule has 2 aliphatic heterocycles. The third-order valence-corrected chi connectivity index (χ3v) is 16.0. The lowest BCUT2D eigenvalue weighted by Gasteiger charge is -2.46. The number of allylic oxidation sites excluding steroid dienone is 15. The van der Waals surface area contributed by atoms with Crippen molar-refractivity contribution in [3.05, 3.63) is 97.2 Å². The summed E-state index contributed by atoms with van der Waals surface area (Å²) in [5.41, 5.74) is 0. The van der Waals surface area contributed by atoms with Gasteiger partial charge in [0.2, 0.25) is 5.91 Å². The summed E-state index contributed by atoms with van der Waals surface area (Å²) < 4.78 is 22.8. The predicted molar refractivity (Wildman–Crippen MR) is 346 cm³/mol. The summed E-state index contributed by atoms with van der Waals surface area (Å²) in [6, 6.07) is -0.944. The molecule has 0 aromatic heterocycles. The van der Waals surface area contributed by atoms with E-state index in [-0.39, 0.29) is 18.9 Å². The van der Waals surface area contributed by atoms with Crippen LogP contribution in [0.2, 0.25) is 0 Å². The van der Waals surface area contributed by atoms with Crippen LogP contribution in [-0.2, 0) is 23.7 Å². The molecule has 12 atom stereocenters. The van der Waals surface area contributed by atoms with Gasteiger partial charge in [0.05, 0.1) is 32.0 Å². The van der Waals surface area contributed by atoms with Crippen molar-refractivity contribution in [1.82, 2.24) is 5.32 Å². The summed E-state index contributed by atoms with van der Waals surface area (Å²) in [7, 11) is 0. The van der Waals surface area contributed by atoms with Gasteiger partial charge in [-0.05, 0) is 89.9 Å². The number of nitrogens with one attached hydrogen (secondary N) is 1. The molecule has 0 aliphatic carbocycles. The van der Waals surface area contributed by atoms with Gasteiger partial charge in [-0.2, -0.15) is 0 Å². The molecule has 490 valence electrons. The van der Waals surface area contributed by atoms with Crippen LogP contribution in [0.25, 0.3) is 0 Å². The van der Waals surface area contributed by atoms with Crippen LogP contribution in [0.5, 0.6) is 0 Å². The number of aliphatic hydroxyl groups excluding tert-OH is 8. The lowest BCUT2D eigenvalue weighted by molar-refractivity contribution is -0.359. The van der Waals surface area contributed by atoms with Crippen LogP contribution in [0.3, 0.4) is 0 Å². The van der Waals surface area contributed by atoms with Gasteiger partial charge in [-0.1, -0.05) is 252 Å². The highest BCUT2D eigenvalue weighted by atomic mass is 16.7. The lowest BCUT2D eigenvalue weighted by atomic mass is 9.97. The summed E-state index contributed by atoms with van der Waals surface area (Å²) in [4.78, 5) is 13.3. The molecule has 2 aliphatic rings. The number of unbranched alkanes of at least 4 members (excludes halogenated alkanes) is 27. The average molecular weight is 1200 g/mol. The Hall–Kier alpha value is -3.09. The summed E-state index contributed by atoms with van der Waals surface area (Å²) in [5, 5.41) is 87.3. The van der Waals surface area contributed by atoms with Gasteiger partial charge < -0.3 is 65.1 Å². The smallest absolute Gasteiger partial charge is 0.220 e. The fraction of sp³-hybridized carbons (Fsp3) is 0.761. The molecule has 0 saturated carbocycles. The number of hydrogen-bond donors (Lipinski definition) is 9. The van der Waals surface area contributed by atoms with Gasteiger partial charge in [-0.3, -0.25) is 4.79 Å². The van der Waals surface area contributed by atoms with Crippen LogP contribution in [0, 0.1) is 0 Å². The Morgan fingerprint density at radius 3 is 1.29 bits per heavy atom. The van der Waals surface area contributed by atoms with Crippen LogP contribution < -0.4 is 5.32 Å². The first-order chi connectivity index (χ1) is 41.6. The molecule has 2 saturated heterocycles. The highest BCUT2D eigenvalue weighted by Crippen LogP contribution is 2.30. The van der Waals surface area contributed by atoms with E-state index in [4.69, 9.17) is 18.9 Å². The van der Waals surface area contributed by atoms with Gasteiger partial charge >= 0.3 is 0 Å². The number of amides is 1. The number of aliphatic hydroxyl groups is 8. The van der Waals surface area contributed by atoms with Gasteiger partial charge in [0, 0.05) is 6.42 Å². The summed E-state index contributed by atoms with van der Waals surface area (Å²) in [6.07, 6.45) is 60.3. The van der Waals surface area contributed by atoms with E-state index in [0.29, 0.717) is 12.8 Å². The molecule has 12 unspecified atom stereocenters. The second kappa shape index (κ2) is 55.0. The van der Waals surface area contributed by atoms with Crippen LogP contribution >= 0.6 is 0 Å². The molecule has 0 aromatic rings. The number of hydrogen-bond acceptors (Lipinski definition) is 13. The maximum atomic E-state index is 13.3. The Morgan fingerprint density at radius 2 is 0.824 bits per heavy atom. The number of ether oxygens (including phenoxy) is 4. The Bertz CT molecular complexity index is 1800. The van der Waals surface area contributed by atoms with Crippen molar-refractivity contribution in [3.8, 4) is 0 Å². The second-order valence-electron chi connectivity index (χ2n) is 23.5. The zero-order chi connectivity index (χ0) is 61.6. The Morgan fingerprint density at radius 1 is 0.435 bits per heavy atom. The monoisotopic (exact) mass is 1200 g/mol. The van der Waals surface area contributed by atoms with Crippen LogP contribution in [-0.4, -0.2) is 140 Å². The molecule has 0 aromatic carbocycles.